The first kappa shape index (κ1) is 17.1. The first-order valence-corrected chi connectivity index (χ1v) is 7.85. The van der Waals surface area contributed by atoms with Gasteiger partial charge in [-0.25, -0.2) is 9.07 Å². The van der Waals surface area contributed by atoms with E-state index in [0.29, 0.717) is 13.0 Å². The molecule has 8 heteroatoms. The summed E-state index contributed by atoms with van der Waals surface area (Å²) in [6, 6.07) is 7.15. The third-order valence-corrected chi connectivity index (χ3v) is 4.29. The maximum absolute atomic E-state index is 13.9. The number of nitrogens with zero attached hydrogens (tertiary/aromatic N) is 3. The molecule has 1 aliphatic rings. The lowest BCUT2D eigenvalue weighted by molar-refractivity contribution is -0.138. The average molecular weight is 347 g/mol. The van der Waals surface area contributed by atoms with Gasteiger partial charge in [0.05, 0.1) is 12.5 Å². The minimum Gasteiger partial charge on any atom is -0.481 e. The van der Waals surface area contributed by atoms with Crippen molar-refractivity contribution in [1.82, 2.24) is 14.7 Å². The molecule has 132 valence electrons. The van der Waals surface area contributed by atoms with Gasteiger partial charge in [0.1, 0.15) is 11.5 Å². The summed E-state index contributed by atoms with van der Waals surface area (Å²) in [6.45, 7) is 0.305. The average Bonchev–Trinajstić information content (AvgIpc) is 3.21. The number of methoxy groups -OCH3 is 1. The van der Waals surface area contributed by atoms with Gasteiger partial charge in [-0.05, 0) is 24.6 Å². The van der Waals surface area contributed by atoms with Gasteiger partial charge in [0, 0.05) is 25.9 Å². The summed E-state index contributed by atoms with van der Waals surface area (Å²) in [4.78, 5) is 25.2. The van der Waals surface area contributed by atoms with Gasteiger partial charge in [-0.1, -0.05) is 12.1 Å². The van der Waals surface area contributed by atoms with Crippen LogP contribution in [0.4, 0.5) is 4.39 Å². The number of hydrogen-bond acceptors (Lipinski definition) is 4. The van der Waals surface area contributed by atoms with Crippen molar-refractivity contribution >= 4 is 11.9 Å². The predicted molar refractivity (Wildman–Crippen MR) is 86.0 cm³/mol. The second kappa shape index (κ2) is 7.02. The molecule has 0 bridgehead atoms. The molecule has 1 aliphatic heterocycles. The van der Waals surface area contributed by atoms with Crippen LogP contribution in [0.1, 0.15) is 23.3 Å². The van der Waals surface area contributed by atoms with E-state index in [0.717, 1.165) is 0 Å². The molecule has 3 rings (SSSR count). The molecule has 1 saturated heterocycles. The first-order valence-electron chi connectivity index (χ1n) is 7.85. The summed E-state index contributed by atoms with van der Waals surface area (Å²) in [5, 5.41) is 13.2. The van der Waals surface area contributed by atoms with E-state index in [4.69, 9.17) is 9.84 Å². The van der Waals surface area contributed by atoms with Crippen molar-refractivity contribution in [2.45, 2.75) is 25.0 Å². The summed E-state index contributed by atoms with van der Waals surface area (Å²) < 4.78 is 20.4. The maximum Gasteiger partial charge on any atom is 0.305 e. The van der Waals surface area contributed by atoms with Crippen LogP contribution in [0.25, 0.3) is 5.69 Å². The van der Waals surface area contributed by atoms with Crippen molar-refractivity contribution in [1.29, 1.82) is 0 Å². The number of carbonyl (C=O) groups excluding carboxylic acids is 1. The SMILES string of the molecule is COC1CC(CC(=O)O)N(C(=O)c2ccn(-c3ccccc3F)n2)C1. The van der Waals surface area contributed by atoms with Crippen LogP contribution in [0.5, 0.6) is 0 Å². The number of likely N-dealkylation sites (tertiary alicyclic amines) is 1. The van der Waals surface area contributed by atoms with Crippen LogP contribution in [-0.2, 0) is 9.53 Å². The number of amides is 1. The Kier molecular flexibility index (Phi) is 4.80. The normalized spacial score (nSPS) is 20.0. The Bertz CT molecular complexity index is 792. The third kappa shape index (κ3) is 3.53. The van der Waals surface area contributed by atoms with Crippen LogP contribution in [0.3, 0.4) is 0 Å². The first-order chi connectivity index (χ1) is 12.0. The Hall–Kier alpha value is -2.74. The van der Waals surface area contributed by atoms with Crippen molar-refractivity contribution in [3.05, 3.63) is 48.0 Å². The maximum atomic E-state index is 13.9. The van der Waals surface area contributed by atoms with E-state index in [-0.39, 0.29) is 29.8 Å². The number of benzene rings is 1. The van der Waals surface area contributed by atoms with Crippen molar-refractivity contribution < 1.29 is 23.8 Å². The minimum absolute atomic E-state index is 0.135. The lowest BCUT2D eigenvalue weighted by atomic mass is 10.1. The number of aromatic nitrogens is 2. The molecule has 1 aromatic carbocycles. The number of halogens is 1. The quantitative estimate of drug-likeness (QED) is 0.890. The summed E-state index contributed by atoms with van der Waals surface area (Å²) in [5.41, 5.74) is 0.371. The highest BCUT2D eigenvalue weighted by Crippen LogP contribution is 2.24. The summed E-state index contributed by atoms with van der Waals surface area (Å²) in [5.74, 6) is -1.81. The zero-order chi connectivity index (χ0) is 18.0. The van der Waals surface area contributed by atoms with Gasteiger partial charge in [-0.15, -0.1) is 0 Å². The lowest BCUT2D eigenvalue weighted by Gasteiger charge is -2.22. The Morgan fingerprint density at radius 2 is 2.12 bits per heavy atom. The van der Waals surface area contributed by atoms with E-state index < -0.39 is 17.8 Å². The molecule has 1 fully saturated rings. The van der Waals surface area contributed by atoms with Crippen LogP contribution < -0.4 is 0 Å². The number of rotatable bonds is 5. The Morgan fingerprint density at radius 1 is 1.36 bits per heavy atom. The monoisotopic (exact) mass is 347 g/mol. The Labute approximate surface area is 143 Å². The standard InChI is InChI=1S/C17H18FN3O4/c1-25-12-8-11(9-16(22)23)20(10-12)17(24)14-6-7-21(19-14)15-5-3-2-4-13(15)18/h2-7,11-12H,8-10H2,1H3,(H,22,23). The second-order valence-corrected chi connectivity index (χ2v) is 5.90. The molecule has 1 aromatic heterocycles. The van der Waals surface area contributed by atoms with E-state index in [1.54, 1.807) is 18.2 Å². The molecule has 0 radical (unpaired) electrons. The molecule has 7 nitrogen and oxygen atoms in total. The number of hydrogen-bond donors (Lipinski definition) is 1. The summed E-state index contributed by atoms with van der Waals surface area (Å²) >= 11 is 0. The van der Waals surface area contributed by atoms with Gasteiger partial charge >= 0.3 is 5.97 Å². The number of para-hydroxylation sites is 1. The van der Waals surface area contributed by atoms with Gasteiger partial charge in [0.15, 0.2) is 5.69 Å². The molecular weight excluding hydrogens is 329 g/mol. The highest BCUT2D eigenvalue weighted by atomic mass is 19.1. The van der Waals surface area contributed by atoms with Gasteiger partial charge in [-0.3, -0.25) is 9.59 Å². The van der Waals surface area contributed by atoms with E-state index in [9.17, 15) is 14.0 Å². The Morgan fingerprint density at radius 3 is 2.80 bits per heavy atom. The molecule has 0 saturated carbocycles. The molecule has 0 spiro atoms. The van der Waals surface area contributed by atoms with Crippen molar-refractivity contribution in [3.8, 4) is 5.69 Å². The van der Waals surface area contributed by atoms with Gasteiger partial charge < -0.3 is 14.7 Å². The molecule has 1 N–H and O–H groups in total. The topological polar surface area (TPSA) is 84.7 Å². The summed E-state index contributed by atoms with van der Waals surface area (Å²) in [7, 11) is 1.53. The second-order valence-electron chi connectivity index (χ2n) is 5.90. The molecule has 25 heavy (non-hydrogen) atoms. The number of aliphatic carboxylic acids is 1. The number of carboxylic acid groups (broad SMARTS) is 1. The minimum atomic E-state index is -0.976. The molecule has 2 heterocycles. The largest absolute Gasteiger partial charge is 0.481 e. The van der Waals surface area contributed by atoms with Crippen molar-refractivity contribution in [2.24, 2.45) is 0 Å². The van der Waals surface area contributed by atoms with Gasteiger partial charge in [0.25, 0.3) is 5.91 Å². The van der Waals surface area contributed by atoms with Crippen LogP contribution in [0.15, 0.2) is 36.5 Å². The molecular formula is C17H18FN3O4. The van der Waals surface area contributed by atoms with E-state index >= 15 is 0 Å². The fourth-order valence-corrected chi connectivity index (χ4v) is 3.05. The fraction of sp³-hybridized carbons (Fsp3) is 0.353. The van der Waals surface area contributed by atoms with E-state index in [1.165, 1.54) is 35.0 Å². The van der Waals surface area contributed by atoms with Gasteiger partial charge in [-0.2, -0.15) is 5.10 Å². The third-order valence-electron chi connectivity index (χ3n) is 4.29. The van der Waals surface area contributed by atoms with Crippen molar-refractivity contribution in [2.75, 3.05) is 13.7 Å². The van der Waals surface area contributed by atoms with Gasteiger partial charge in [0.2, 0.25) is 0 Å². The van der Waals surface area contributed by atoms with E-state index in [2.05, 4.69) is 5.10 Å². The number of carboxylic acids is 1. The van der Waals surface area contributed by atoms with Crippen molar-refractivity contribution in [3.63, 3.8) is 0 Å². The Balaban J connectivity index is 1.83. The van der Waals surface area contributed by atoms with E-state index in [1.807, 2.05) is 0 Å². The number of ether oxygens (including phenoxy) is 1. The van der Waals surface area contributed by atoms with Crippen LogP contribution in [-0.4, -0.2) is 57.5 Å². The van der Waals surface area contributed by atoms with Crippen LogP contribution in [0.2, 0.25) is 0 Å². The summed E-state index contributed by atoms with van der Waals surface area (Å²) in [6.07, 6.45) is 1.60. The number of carbonyl (C=O) groups is 2. The van der Waals surface area contributed by atoms with Crippen LogP contribution >= 0.6 is 0 Å². The highest BCUT2D eigenvalue weighted by molar-refractivity contribution is 5.93. The highest BCUT2D eigenvalue weighted by Gasteiger charge is 2.37. The molecule has 2 atom stereocenters. The molecule has 2 aromatic rings. The predicted octanol–water partition coefficient (Wildman–Crippen LogP) is 1.72. The zero-order valence-corrected chi connectivity index (χ0v) is 13.6. The smallest absolute Gasteiger partial charge is 0.305 e. The molecule has 2 unspecified atom stereocenters. The molecule has 1 amide bonds. The fourth-order valence-electron chi connectivity index (χ4n) is 3.05. The lowest BCUT2D eigenvalue weighted by Crippen LogP contribution is -2.37. The zero-order valence-electron chi connectivity index (χ0n) is 13.6. The van der Waals surface area contributed by atoms with Crippen LogP contribution in [0, 0.1) is 5.82 Å². The molecule has 0 aliphatic carbocycles.